The average Bonchev–Trinajstić information content (AvgIpc) is 3.28. The summed E-state index contributed by atoms with van der Waals surface area (Å²) in [5.74, 6) is 1.55. The van der Waals surface area contributed by atoms with E-state index in [4.69, 9.17) is 0 Å². The van der Waals surface area contributed by atoms with E-state index in [2.05, 4.69) is 20.6 Å². The molecule has 2 saturated carbocycles. The molecule has 1 aromatic heterocycles. The summed E-state index contributed by atoms with van der Waals surface area (Å²) in [5.41, 5.74) is 1.04. The topological polar surface area (TPSA) is 70.2 Å². The van der Waals surface area contributed by atoms with Gasteiger partial charge in [-0.1, -0.05) is 0 Å². The van der Waals surface area contributed by atoms with Gasteiger partial charge in [-0.3, -0.25) is 0 Å². The molecule has 2 fully saturated rings. The summed E-state index contributed by atoms with van der Waals surface area (Å²) in [6, 6.07) is -0.171. The van der Waals surface area contributed by atoms with Crippen molar-refractivity contribution in [2.45, 2.75) is 25.7 Å². The van der Waals surface area contributed by atoms with Gasteiger partial charge in [-0.05, 0) is 37.0 Å². The summed E-state index contributed by atoms with van der Waals surface area (Å²) in [4.78, 5) is 22.0. The number of amides is 2. The molecule has 3 rings (SSSR count). The number of nitrogens with one attached hydrogen (secondary N) is 2. The number of nitrogens with zero attached hydrogens (tertiary/aromatic N) is 3. The molecule has 2 amide bonds. The number of hydrogen-bond acceptors (Lipinski definition) is 4. The van der Waals surface area contributed by atoms with Gasteiger partial charge in [0.15, 0.2) is 5.82 Å². The van der Waals surface area contributed by atoms with Gasteiger partial charge in [-0.2, -0.15) is 0 Å². The van der Waals surface area contributed by atoms with Crippen LogP contribution in [0.2, 0.25) is 0 Å². The first-order valence-electron chi connectivity index (χ1n) is 7.13. The maximum Gasteiger partial charge on any atom is 0.319 e. The molecule has 2 aliphatic carbocycles. The maximum absolute atomic E-state index is 12.0. The van der Waals surface area contributed by atoms with Gasteiger partial charge >= 0.3 is 6.03 Å². The van der Waals surface area contributed by atoms with Crippen molar-refractivity contribution < 1.29 is 4.79 Å². The van der Waals surface area contributed by atoms with E-state index < -0.39 is 0 Å². The van der Waals surface area contributed by atoms with Crippen molar-refractivity contribution in [3.8, 4) is 0 Å². The van der Waals surface area contributed by atoms with Gasteiger partial charge in [0.1, 0.15) is 12.0 Å². The second kappa shape index (κ2) is 4.92. The SMILES string of the molecule is CN(C)c1ncncc1NC(=O)NCC1(C2CC2)CC1. The Kier molecular flexibility index (Phi) is 3.23. The first-order chi connectivity index (χ1) is 9.61. The Morgan fingerprint density at radius 3 is 2.80 bits per heavy atom. The van der Waals surface area contributed by atoms with Crippen molar-refractivity contribution in [1.82, 2.24) is 15.3 Å². The molecule has 0 bridgehead atoms. The second-order valence-electron chi connectivity index (χ2n) is 6.10. The first kappa shape index (κ1) is 13.1. The zero-order valence-corrected chi connectivity index (χ0v) is 12.0. The number of anilines is 2. The highest BCUT2D eigenvalue weighted by molar-refractivity contribution is 5.92. The lowest BCUT2D eigenvalue weighted by Gasteiger charge is -2.18. The molecule has 1 heterocycles. The van der Waals surface area contributed by atoms with Crippen molar-refractivity contribution >= 4 is 17.5 Å². The third-order valence-electron chi connectivity index (χ3n) is 4.30. The molecule has 2 N–H and O–H groups in total. The van der Waals surface area contributed by atoms with Gasteiger partial charge in [-0.15, -0.1) is 0 Å². The highest BCUT2D eigenvalue weighted by Crippen LogP contribution is 2.60. The Morgan fingerprint density at radius 1 is 1.45 bits per heavy atom. The lowest BCUT2D eigenvalue weighted by Crippen LogP contribution is -2.35. The van der Waals surface area contributed by atoms with Crippen molar-refractivity contribution in [3.05, 3.63) is 12.5 Å². The molecular formula is C14H21N5O. The maximum atomic E-state index is 12.0. The molecule has 0 spiro atoms. The summed E-state index contributed by atoms with van der Waals surface area (Å²) in [6.45, 7) is 0.786. The molecule has 6 heteroatoms. The van der Waals surface area contributed by atoms with Gasteiger partial charge in [0, 0.05) is 20.6 Å². The number of carbonyl (C=O) groups is 1. The Morgan fingerprint density at radius 2 is 2.20 bits per heavy atom. The van der Waals surface area contributed by atoms with Gasteiger partial charge in [0.05, 0.1) is 6.20 Å². The molecule has 0 atom stereocenters. The molecule has 0 aromatic carbocycles. The smallest absolute Gasteiger partial charge is 0.319 e. The number of rotatable bonds is 5. The van der Waals surface area contributed by atoms with Crippen LogP contribution in [-0.2, 0) is 0 Å². The standard InChI is InChI=1S/C14H21N5O/c1-19(2)12-11(7-15-9-17-12)18-13(20)16-8-14(5-6-14)10-3-4-10/h7,9-10H,3-6,8H2,1-2H3,(H2,16,18,20). The van der Waals surface area contributed by atoms with Crippen molar-refractivity contribution in [1.29, 1.82) is 0 Å². The Balaban J connectivity index is 1.56. The molecule has 1 aromatic rings. The largest absolute Gasteiger partial charge is 0.361 e. The lowest BCUT2D eigenvalue weighted by atomic mass is 10.0. The van der Waals surface area contributed by atoms with E-state index in [-0.39, 0.29) is 6.03 Å². The van der Waals surface area contributed by atoms with Crippen molar-refractivity contribution in [2.24, 2.45) is 11.3 Å². The predicted molar refractivity (Wildman–Crippen MR) is 77.8 cm³/mol. The average molecular weight is 275 g/mol. The lowest BCUT2D eigenvalue weighted by molar-refractivity contribution is 0.248. The van der Waals surface area contributed by atoms with Crippen LogP contribution in [0.5, 0.6) is 0 Å². The Hall–Kier alpha value is -1.85. The third kappa shape index (κ3) is 2.69. The summed E-state index contributed by atoms with van der Waals surface area (Å²) in [7, 11) is 3.77. The van der Waals surface area contributed by atoms with Gasteiger partial charge in [0.2, 0.25) is 0 Å². The van der Waals surface area contributed by atoms with Gasteiger partial charge in [-0.25, -0.2) is 14.8 Å². The van der Waals surface area contributed by atoms with Crippen LogP contribution in [0.1, 0.15) is 25.7 Å². The quantitative estimate of drug-likeness (QED) is 0.860. The van der Waals surface area contributed by atoms with Crippen LogP contribution < -0.4 is 15.5 Å². The summed E-state index contributed by atoms with van der Waals surface area (Å²) >= 11 is 0. The van der Waals surface area contributed by atoms with Crippen LogP contribution >= 0.6 is 0 Å². The first-order valence-corrected chi connectivity index (χ1v) is 7.13. The minimum absolute atomic E-state index is 0.171. The summed E-state index contributed by atoms with van der Waals surface area (Å²) in [5, 5.41) is 5.83. The molecule has 0 saturated heterocycles. The van der Waals surface area contributed by atoms with E-state index in [9.17, 15) is 4.79 Å². The number of carbonyl (C=O) groups excluding carboxylic acids is 1. The van der Waals surface area contributed by atoms with E-state index in [0.717, 1.165) is 12.5 Å². The number of urea groups is 1. The zero-order valence-electron chi connectivity index (χ0n) is 12.0. The fourth-order valence-corrected chi connectivity index (χ4v) is 2.78. The molecule has 0 unspecified atom stereocenters. The van der Waals surface area contributed by atoms with E-state index >= 15 is 0 Å². The molecule has 0 radical (unpaired) electrons. The highest BCUT2D eigenvalue weighted by Gasteiger charge is 2.53. The van der Waals surface area contributed by atoms with E-state index in [1.807, 2.05) is 19.0 Å². The monoisotopic (exact) mass is 275 g/mol. The number of aromatic nitrogens is 2. The summed E-state index contributed by atoms with van der Waals surface area (Å²) in [6.07, 6.45) is 8.28. The van der Waals surface area contributed by atoms with Crippen LogP contribution in [0.3, 0.4) is 0 Å². The van der Waals surface area contributed by atoms with E-state index in [0.29, 0.717) is 16.9 Å². The molecule has 2 aliphatic rings. The molecule has 0 aliphatic heterocycles. The zero-order chi connectivity index (χ0) is 14.2. The minimum Gasteiger partial charge on any atom is -0.361 e. The molecule has 20 heavy (non-hydrogen) atoms. The molecular weight excluding hydrogens is 254 g/mol. The van der Waals surface area contributed by atoms with E-state index in [1.54, 1.807) is 6.20 Å². The predicted octanol–water partition coefficient (Wildman–Crippen LogP) is 1.85. The third-order valence-corrected chi connectivity index (χ3v) is 4.30. The number of hydrogen-bond donors (Lipinski definition) is 2. The second-order valence-corrected chi connectivity index (χ2v) is 6.10. The fourth-order valence-electron chi connectivity index (χ4n) is 2.78. The van der Waals surface area contributed by atoms with Crippen molar-refractivity contribution in [2.75, 3.05) is 30.9 Å². The van der Waals surface area contributed by atoms with Crippen molar-refractivity contribution in [3.63, 3.8) is 0 Å². The Bertz CT molecular complexity index is 508. The van der Waals surface area contributed by atoms with E-state index in [1.165, 1.54) is 32.0 Å². The van der Waals surface area contributed by atoms with Crippen LogP contribution in [0.4, 0.5) is 16.3 Å². The molecule has 6 nitrogen and oxygen atoms in total. The normalized spacial score (nSPS) is 19.3. The molecule has 108 valence electrons. The Labute approximate surface area is 119 Å². The fraction of sp³-hybridized carbons (Fsp3) is 0.643. The van der Waals surface area contributed by atoms with Crippen LogP contribution in [0, 0.1) is 11.3 Å². The van der Waals surface area contributed by atoms with Crippen LogP contribution in [0.25, 0.3) is 0 Å². The van der Waals surface area contributed by atoms with Crippen LogP contribution in [0.15, 0.2) is 12.5 Å². The van der Waals surface area contributed by atoms with Gasteiger partial charge < -0.3 is 15.5 Å². The highest BCUT2D eigenvalue weighted by atomic mass is 16.2. The summed E-state index contributed by atoms with van der Waals surface area (Å²) < 4.78 is 0. The van der Waals surface area contributed by atoms with Gasteiger partial charge in [0.25, 0.3) is 0 Å². The van der Waals surface area contributed by atoms with Crippen LogP contribution in [-0.4, -0.2) is 36.6 Å². The minimum atomic E-state index is -0.171.